The van der Waals surface area contributed by atoms with E-state index in [-0.39, 0.29) is 11.4 Å². The average Bonchev–Trinajstić information content (AvgIpc) is 3.25. The lowest BCUT2D eigenvalue weighted by Gasteiger charge is -2.12. The summed E-state index contributed by atoms with van der Waals surface area (Å²) in [5, 5.41) is 7.60. The van der Waals surface area contributed by atoms with E-state index in [9.17, 15) is 8.42 Å². The molecule has 2 aromatic carbocycles. The van der Waals surface area contributed by atoms with Crippen LogP contribution in [0.2, 0.25) is 0 Å². The van der Waals surface area contributed by atoms with Crippen molar-refractivity contribution in [3.63, 3.8) is 0 Å². The van der Waals surface area contributed by atoms with Gasteiger partial charge in [0.15, 0.2) is 5.65 Å². The molecular formula is C24H19BN6O2S. The second-order valence-electron chi connectivity index (χ2n) is 7.52. The molecule has 3 aromatic heterocycles. The Morgan fingerprint density at radius 1 is 0.941 bits per heavy atom. The van der Waals surface area contributed by atoms with Crippen molar-refractivity contribution in [2.45, 2.75) is 11.4 Å². The smallest absolute Gasteiger partial charge is 0.240 e. The summed E-state index contributed by atoms with van der Waals surface area (Å²) in [5.74, 6) is 0.643. The molecule has 0 aliphatic heterocycles. The van der Waals surface area contributed by atoms with Crippen LogP contribution in [-0.2, 0) is 16.6 Å². The fourth-order valence-electron chi connectivity index (χ4n) is 3.45. The van der Waals surface area contributed by atoms with Crippen LogP contribution in [0, 0.1) is 0 Å². The molecule has 5 aromatic rings. The summed E-state index contributed by atoms with van der Waals surface area (Å²) < 4.78 is 29.5. The number of pyridine rings is 1. The van der Waals surface area contributed by atoms with E-state index in [1.807, 2.05) is 42.5 Å². The zero-order valence-electron chi connectivity index (χ0n) is 18.0. The number of nitrogens with one attached hydrogen (secondary N) is 2. The van der Waals surface area contributed by atoms with Crippen LogP contribution < -0.4 is 15.5 Å². The first-order valence-corrected chi connectivity index (χ1v) is 11.9. The minimum Gasteiger partial charge on any atom is -0.340 e. The molecule has 0 atom stereocenters. The van der Waals surface area contributed by atoms with Gasteiger partial charge in [-0.05, 0) is 41.9 Å². The fourth-order valence-corrected chi connectivity index (χ4v) is 4.44. The van der Waals surface area contributed by atoms with Crippen molar-refractivity contribution in [2.24, 2.45) is 0 Å². The zero-order chi connectivity index (χ0) is 23.5. The van der Waals surface area contributed by atoms with Crippen LogP contribution >= 0.6 is 0 Å². The molecule has 0 aliphatic rings. The average molecular weight is 466 g/mol. The van der Waals surface area contributed by atoms with E-state index < -0.39 is 10.0 Å². The number of hydrogen-bond donors (Lipinski definition) is 2. The Morgan fingerprint density at radius 2 is 1.71 bits per heavy atom. The summed E-state index contributed by atoms with van der Waals surface area (Å²) in [4.78, 5) is 8.93. The van der Waals surface area contributed by atoms with Crippen LogP contribution in [0.3, 0.4) is 0 Å². The van der Waals surface area contributed by atoms with Gasteiger partial charge in [0.2, 0.25) is 10.0 Å². The molecule has 0 aliphatic carbocycles. The Morgan fingerprint density at radius 3 is 2.44 bits per heavy atom. The first-order valence-electron chi connectivity index (χ1n) is 10.5. The number of sulfonamides is 1. The molecule has 5 rings (SSSR count). The van der Waals surface area contributed by atoms with Gasteiger partial charge in [0.1, 0.15) is 13.7 Å². The number of fused-ring (bicyclic) bond motifs is 1. The summed E-state index contributed by atoms with van der Waals surface area (Å²) in [7, 11) is 2.39. The van der Waals surface area contributed by atoms with Gasteiger partial charge >= 0.3 is 0 Å². The van der Waals surface area contributed by atoms with E-state index in [2.05, 4.69) is 25.1 Å². The van der Waals surface area contributed by atoms with Gasteiger partial charge in [-0.15, -0.1) is 0 Å². The Kier molecular flexibility index (Phi) is 5.83. The highest BCUT2D eigenvalue weighted by Crippen LogP contribution is 2.24. The molecule has 0 unspecified atom stereocenters. The van der Waals surface area contributed by atoms with Gasteiger partial charge in [0, 0.05) is 29.7 Å². The van der Waals surface area contributed by atoms with Crippen LogP contribution in [0.1, 0.15) is 5.69 Å². The van der Waals surface area contributed by atoms with Gasteiger partial charge in [-0.1, -0.05) is 36.4 Å². The minimum absolute atomic E-state index is 0.112. The van der Waals surface area contributed by atoms with Gasteiger partial charge < -0.3 is 5.32 Å². The lowest BCUT2D eigenvalue weighted by molar-refractivity contribution is 0.580. The molecule has 34 heavy (non-hydrogen) atoms. The molecular weight excluding hydrogens is 447 g/mol. The van der Waals surface area contributed by atoms with Crippen LogP contribution in [0.4, 0.5) is 11.5 Å². The number of anilines is 2. The van der Waals surface area contributed by atoms with E-state index in [1.54, 1.807) is 41.2 Å². The SMILES string of the molecule is [B]c1cnn2c(Nc3ccc(S(=O)(=O)NCc4ccccn4)cc3)cc(-c3ccccc3)nc12. The summed E-state index contributed by atoms with van der Waals surface area (Å²) in [6.07, 6.45) is 3.17. The van der Waals surface area contributed by atoms with Crippen molar-refractivity contribution in [2.75, 3.05) is 5.32 Å². The minimum atomic E-state index is -3.68. The second kappa shape index (κ2) is 9.09. The highest BCUT2D eigenvalue weighted by molar-refractivity contribution is 7.89. The van der Waals surface area contributed by atoms with Crippen LogP contribution in [0.5, 0.6) is 0 Å². The molecule has 3 heterocycles. The maximum Gasteiger partial charge on any atom is 0.240 e. The molecule has 0 saturated heterocycles. The van der Waals surface area contributed by atoms with E-state index in [0.717, 1.165) is 11.3 Å². The number of hydrogen-bond acceptors (Lipinski definition) is 6. The molecule has 2 radical (unpaired) electrons. The largest absolute Gasteiger partial charge is 0.340 e. The van der Waals surface area contributed by atoms with E-state index >= 15 is 0 Å². The van der Waals surface area contributed by atoms with Crippen molar-refractivity contribution in [1.82, 2.24) is 24.3 Å². The molecule has 0 saturated carbocycles. The monoisotopic (exact) mass is 466 g/mol. The van der Waals surface area contributed by atoms with E-state index in [4.69, 9.17) is 7.85 Å². The predicted molar refractivity (Wildman–Crippen MR) is 132 cm³/mol. The molecule has 10 heteroatoms. The highest BCUT2D eigenvalue weighted by atomic mass is 32.2. The number of benzene rings is 2. The first kappa shape index (κ1) is 21.8. The second-order valence-corrected chi connectivity index (χ2v) is 9.29. The quantitative estimate of drug-likeness (QED) is 0.358. The summed E-state index contributed by atoms with van der Waals surface area (Å²) in [6.45, 7) is 0.112. The van der Waals surface area contributed by atoms with Crippen molar-refractivity contribution in [3.8, 4) is 11.3 Å². The van der Waals surface area contributed by atoms with Gasteiger partial charge in [0.05, 0.1) is 22.8 Å². The highest BCUT2D eigenvalue weighted by Gasteiger charge is 2.15. The third kappa shape index (κ3) is 4.54. The third-order valence-corrected chi connectivity index (χ3v) is 6.59. The molecule has 0 spiro atoms. The lowest BCUT2D eigenvalue weighted by atomic mass is 10.0. The number of rotatable bonds is 7. The predicted octanol–water partition coefficient (Wildman–Crippen LogP) is 2.81. The van der Waals surface area contributed by atoms with Gasteiger partial charge in [-0.25, -0.2) is 18.1 Å². The number of aromatic nitrogens is 4. The maximum absolute atomic E-state index is 12.7. The van der Waals surface area contributed by atoms with Crippen LogP contribution in [0.15, 0.2) is 96.2 Å². The number of nitrogens with zero attached hydrogens (tertiary/aromatic N) is 4. The van der Waals surface area contributed by atoms with Crippen molar-refractivity contribution >= 4 is 40.5 Å². The Balaban J connectivity index is 1.40. The normalized spacial score (nSPS) is 11.5. The molecule has 0 amide bonds. The first-order chi connectivity index (χ1) is 16.5. The standard InChI is InChI=1S/C24H19BN6O2S/c25-21-16-27-31-23(14-22(30-24(21)31)17-6-2-1-3-7-17)29-18-9-11-20(12-10-18)34(32,33)28-15-19-8-4-5-13-26-19/h1-14,16,28-29H,15H2. The van der Waals surface area contributed by atoms with Crippen molar-refractivity contribution in [3.05, 3.63) is 97.0 Å². The lowest BCUT2D eigenvalue weighted by Crippen LogP contribution is -2.23. The fraction of sp³-hybridized carbons (Fsp3) is 0.0417. The Labute approximate surface area is 198 Å². The van der Waals surface area contributed by atoms with Gasteiger partial charge in [-0.2, -0.15) is 9.61 Å². The van der Waals surface area contributed by atoms with Gasteiger partial charge in [0.25, 0.3) is 0 Å². The Bertz CT molecular complexity index is 1540. The molecule has 166 valence electrons. The molecule has 0 bridgehead atoms. The van der Waals surface area contributed by atoms with Crippen LogP contribution in [0.25, 0.3) is 16.9 Å². The molecule has 0 fully saturated rings. The van der Waals surface area contributed by atoms with Crippen molar-refractivity contribution in [1.29, 1.82) is 0 Å². The van der Waals surface area contributed by atoms with Crippen molar-refractivity contribution < 1.29 is 8.42 Å². The topological polar surface area (TPSA) is 101 Å². The van der Waals surface area contributed by atoms with E-state index in [0.29, 0.717) is 28.3 Å². The summed E-state index contributed by atoms with van der Waals surface area (Å²) >= 11 is 0. The van der Waals surface area contributed by atoms with Crippen LogP contribution in [-0.4, -0.2) is 35.8 Å². The van der Waals surface area contributed by atoms with E-state index in [1.165, 1.54) is 12.1 Å². The Hall–Kier alpha value is -4.02. The molecule has 2 N–H and O–H groups in total. The maximum atomic E-state index is 12.7. The zero-order valence-corrected chi connectivity index (χ0v) is 18.8. The summed E-state index contributed by atoms with van der Waals surface area (Å²) in [6, 6.07) is 23.4. The van der Waals surface area contributed by atoms with Gasteiger partial charge in [-0.3, -0.25) is 4.98 Å². The summed E-state index contributed by atoms with van der Waals surface area (Å²) in [5.41, 5.74) is 3.99. The third-order valence-electron chi connectivity index (χ3n) is 5.18. The molecule has 8 nitrogen and oxygen atoms in total.